The smallest absolute Gasteiger partial charge is 0.119 e. The first kappa shape index (κ1) is 14.0. The highest BCUT2D eigenvalue weighted by atomic mass is 35.5. The predicted octanol–water partition coefficient (Wildman–Crippen LogP) is 1.78. The summed E-state index contributed by atoms with van der Waals surface area (Å²) in [5, 5.41) is 0. The molecule has 15 heavy (non-hydrogen) atoms. The molecule has 0 heterocycles. The first-order valence-corrected chi connectivity index (χ1v) is 4.45. The van der Waals surface area contributed by atoms with Crippen LogP contribution in [0.5, 0.6) is 11.5 Å². The van der Waals surface area contributed by atoms with E-state index in [1.54, 1.807) is 7.11 Å². The average Bonchev–Trinajstić information content (AvgIpc) is 2.25. The second kappa shape index (κ2) is 8.35. The van der Waals surface area contributed by atoms with E-state index in [-0.39, 0.29) is 12.4 Å². The molecule has 0 fully saturated rings. The van der Waals surface area contributed by atoms with Crippen molar-refractivity contribution < 1.29 is 14.3 Å². The molecule has 0 saturated heterocycles. The summed E-state index contributed by atoms with van der Waals surface area (Å²) in [6.45, 7) is 1.11. The maximum Gasteiger partial charge on any atom is 0.119 e. The third-order valence-electron chi connectivity index (χ3n) is 1.73. The molecule has 86 valence electrons. The highest BCUT2D eigenvalue weighted by molar-refractivity contribution is 5.85. The molecular formula is C10H16ClNO3. The van der Waals surface area contributed by atoms with E-state index in [1.165, 1.54) is 0 Å². The third kappa shape index (κ3) is 5.47. The fourth-order valence-electron chi connectivity index (χ4n) is 1.00. The Labute approximate surface area is 95.7 Å². The molecule has 2 N–H and O–H groups in total. The van der Waals surface area contributed by atoms with Crippen LogP contribution >= 0.6 is 12.4 Å². The second-order valence-corrected chi connectivity index (χ2v) is 2.75. The molecular weight excluding hydrogens is 218 g/mol. The Morgan fingerprint density at radius 2 is 1.67 bits per heavy atom. The lowest BCUT2D eigenvalue weighted by atomic mass is 10.3. The lowest BCUT2D eigenvalue weighted by molar-refractivity contribution is 0.122. The number of halogens is 1. The van der Waals surface area contributed by atoms with Crippen molar-refractivity contribution in [2.24, 2.45) is 5.90 Å². The molecule has 0 aliphatic heterocycles. The van der Waals surface area contributed by atoms with Gasteiger partial charge in [-0.25, -0.2) is 5.90 Å². The Morgan fingerprint density at radius 1 is 1.07 bits per heavy atom. The molecule has 0 aliphatic carbocycles. The van der Waals surface area contributed by atoms with Crippen LogP contribution < -0.4 is 15.4 Å². The first-order chi connectivity index (χ1) is 6.86. The topological polar surface area (TPSA) is 53.7 Å². The molecule has 0 saturated carbocycles. The van der Waals surface area contributed by atoms with E-state index in [4.69, 9.17) is 15.4 Å². The van der Waals surface area contributed by atoms with E-state index < -0.39 is 0 Å². The van der Waals surface area contributed by atoms with E-state index in [2.05, 4.69) is 4.84 Å². The van der Waals surface area contributed by atoms with Crippen LogP contribution in [0.4, 0.5) is 0 Å². The summed E-state index contributed by atoms with van der Waals surface area (Å²) in [6.07, 6.45) is 0.780. The van der Waals surface area contributed by atoms with Crippen molar-refractivity contribution in [2.45, 2.75) is 6.42 Å². The maximum atomic E-state index is 5.42. The third-order valence-corrected chi connectivity index (χ3v) is 1.73. The van der Waals surface area contributed by atoms with Gasteiger partial charge in [0.25, 0.3) is 0 Å². The molecule has 0 spiro atoms. The van der Waals surface area contributed by atoms with Gasteiger partial charge in [0.1, 0.15) is 11.5 Å². The van der Waals surface area contributed by atoms with Crippen LogP contribution in [0.2, 0.25) is 0 Å². The number of benzene rings is 1. The van der Waals surface area contributed by atoms with Gasteiger partial charge in [-0.2, -0.15) is 0 Å². The van der Waals surface area contributed by atoms with Crippen molar-refractivity contribution in [2.75, 3.05) is 20.3 Å². The van der Waals surface area contributed by atoms with Crippen molar-refractivity contribution in [3.8, 4) is 11.5 Å². The summed E-state index contributed by atoms with van der Waals surface area (Å²) in [5.41, 5.74) is 0. The monoisotopic (exact) mass is 233 g/mol. The van der Waals surface area contributed by atoms with Crippen LogP contribution in [0.3, 0.4) is 0 Å². The molecule has 0 bridgehead atoms. The number of ether oxygens (including phenoxy) is 2. The van der Waals surface area contributed by atoms with Gasteiger partial charge < -0.3 is 14.3 Å². The van der Waals surface area contributed by atoms with Crippen molar-refractivity contribution in [3.05, 3.63) is 24.3 Å². The van der Waals surface area contributed by atoms with E-state index in [1.807, 2.05) is 24.3 Å². The average molecular weight is 234 g/mol. The van der Waals surface area contributed by atoms with Crippen LogP contribution in [0, 0.1) is 0 Å². The number of methoxy groups -OCH3 is 1. The molecule has 0 atom stereocenters. The fraction of sp³-hybridized carbons (Fsp3) is 0.400. The normalized spacial score (nSPS) is 9.20. The Bertz CT molecular complexity index is 253. The molecule has 1 aromatic rings. The van der Waals surface area contributed by atoms with E-state index in [9.17, 15) is 0 Å². The van der Waals surface area contributed by atoms with Gasteiger partial charge in [0.05, 0.1) is 20.3 Å². The van der Waals surface area contributed by atoms with Gasteiger partial charge in [-0.1, -0.05) is 0 Å². The zero-order chi connectivity index (χ0) is 10.2. The van der Waals surface area contributed by atoms with Crippen molar-refractivity contribution >= 4 is 12.4 Å². The van der Waals surface area contributed by atoms with Gasteiger partial charge in [-0.15, -0.1) is 12.4 Å². The van der Waals surface area contributed by atoms with Gasteiger partial charge in [-0.05, 0) is 24.3 Å². The minimum absolute atomic E-state index is 0. The number of hydrogen-bond acceptors (Lipinski definition) is 4. The Morgan fingerprint density at radius 3 is 2.20 bits per heavy atom. The molecule has 0 amide bonds. The lowest BCUT2D eigenvalue weighted by Crippen LogP contribution is -2.06. The van der Waals surface area contributed by atoms with Crippen LogP contribution in [0.25, 0.3) is 0 Å². The largest absolute Gasteiger partial charge is 0.497 e. The van der Waals surface area contributed by atoms with E-state index >= 15 is 0 Å². The molecule has 5 heteroatoms. The quantitative estimate of drug-likeness (QED) is 0.601. The van der Waals surface area contributed by atoms with E-state index in [0.29, 0.717) is 13.2 Å². The molecule has 0 aromatic heterocycles. The van der Waals surface area contributed by atoms with Gasteiger partial charge in [0.2, 0.25) is 0 Å². The molecule has 0 unspecified atom stereocenters. The van der Waals surface area contributed by atoms with Crippen LogP contribution in [0.1, 0.15) is 6.42 Å². The fourth-order valence-corrected chi connectivity index (χ4v) is 1.00. The minimum Gasteiger partial charge on any atom is -0.497 e. The molecule has 4 nitrogen and oxygen atoms in total. The highest BCUT2D eigenvalue weighted by Crippen LogP contribution is 2.16. The summed E-state index contributed by atoms with van der Waals surface area (Å²) in [4.78, 5) is 4.42. The minimum atomic E-state index is 0. The molecule has 0 aliphatic rings. The summed E-state index contributed by atoms with van der Waals surface area (Å²) in [5.74, 6) is 6.52. The SMILES string of the molecule is COc1ccc(OCCCON)cc1.Cl. The van der Waals surface area contributed by atoms with Crippen LogP contribution in [-0.2, 0) is 4.84 Å². The van der Waals surface area contributed by atoms with Gasteiger partial charge in [0.15, 0.2) is 0 Å². The van der Waals surface area contributed by atoms with E-state index in [0.717, 1.165) is 17.9 Å². The van der Waals surface area contributed by atoms with Crippen LogP contribution in [0.15, 0.2) is 24.3 Å². The molecule has 1 rings (SSSR count). The number of hydrogen-bond donors (Lipinski definition) is 1. The lowest BCUT2D eigenvalue weighted by Gasteiger charge is -2.06. The highest BCUT2D eigenvalue weighted by Gasteiger charge is 1.94. The maximum absolute atomic E-state index is 5.42. The molecule has 1 aromatic carbocycles. The van der Waals surface area contributed by atoms with Gasteiger partial charge in [-0.3, -0.25) is 0 Å². The summed E-state index contributed by atoms with van der Waals surface area (Å²) in [6, 6.07) is 7.44. The van der Waals surface area contributed by atoms with Crippen molar-refractivity contribution in [3.63, 3.8) is 0 Å². The van der Waals surface area contributed by atoms with Crippen molar-refractivity contribution in [1.29, 1.82) is 0 Å². The number of nitrogens with two attached hydrogens (primary N) is 1. The predicted molar refractivity (Wildman–Crippen MR) is 60.5 cm³/mol. The zero-order valence-corrected chi connectivity index (χ0v) is 9.46. The van der Waals surface area contributed by atoms with Crippen LogP contribution in [-0.4, -0.2) is 20.3 Å². The summed E-state index contributed by atoms with van der Waals surface area (Å²) >= 11 is 0. The Hall–Kier alpha value is -0.970. The summed E-state index contributed by atoms with van der Waals surface area (Å²) in [7, 11) is 1.63. The standard InChI is InChI=1S/C10H15NO3.ClH/c1-12-9-3-5-10(6-4-9)13-7-2-8-14-11;/h3-6H,2,7-8,11H2,1H3;1H. The number of rotatable bonds is 6. The van der Waals surface area contributed by atoms with Crippen molar-refractivity contribution in [1.82, 2.24) is 0 Å². The second-order valence-electron chi connectivity index (χ2n) is 2.75. The Kier molecular flexibility index (Phi) is 7.81. The van der Waals surface area contributed by atoms with Gasteiger partial charge in [0, 0.05) is 6.42 Å². The molecule has 0 radical (unpaired) electrons. The first-order valence-electron chi connectivity index (χ1n) is 4.45. The Balaban J connectivity index is 0.00000196. The summed E-state index contributed by atoms with van der Waals surface area (Å²) < 4.78 is 10.4. The zero-order valence-electron chi connectivity index (χ0n) is 8.64. The van der Waals surface area contributed by atoms with Gasteiger partial charge >= 0.3 is 0 Å².